The highest BCUT2D eigenvalue weighted by Gasteiger charge is 2.29. The summed E-state index contributed by atoms with van der Waals surface area (Å²) in [5.41, 5.74) is 4.28. The van der Waals surface area contributed by atoms with Crippen molar-refractivity contribution in [2.45, 2.75) is 27.2 Å². The Hall–Kier alpha value is -2.49. The molecule has 3 rings (SSSR count). The van der Waals surface area contributed by atoms with Crippen LogP contribution in [0.5, 0.6) is 11.5 Å². The molecular formula is C21H25NO3. The average molecular weight is 339 g/mol. The zero-order valence-corrected chi connectivity index (χ0v) is 15.3. The summed E-state index contributed by atoms with van der Waals surface area (Å²) in [6, 6.07) is 12.0. The van der Waals surface area contributed by atoms with Crippen LogP contribution < -0.4 is 14.4 Å². The SMILES string of the molecule is CCOc1ccc2c(c1)CC(C(=O)N(C)c1ccc(C)cc1C)CO2. The topological polar surface area (TPSA) is 38.8 Å². The van der Waals surface area contributed by atoms with Crippen molar-refractivity contribution in [1.29, 1.82) is 0 Å². The number of carbonyl (C=O) groups is 1. The molecule has 4 nitrogen and oxygen atoms in total. The number of hydrogen-bond donors (Lipinski definition) is 0. The second kappa shape index (κ2) is 7.18. The minimum atomic E-state index is -0.185. The van der Waals surface area contributed by atoms with Gasteiger partial charge in [-0.1, -0.05) is 17.7 Å². The summed E-state index contributed by atoms with van der Waals surface area (Å²) >= 11 is 0. The molecule has 4 heteroatoms. The number of carbonyl (C=O) groups excluding carboxylic acids is 1. The van der Waals surface area contributed by atoms with E-state index in [1.807, 2.05) is 51.2 Å². The molecule has 1 atom stereocenters. The molecule has 1 heterocycles. The van der Waals surface area contributed by atoms with Gasteiger partial charge in [-0.2, -0.15) is 0 Å². The van der Waals surface area contributed by atoms with Crippen molar-refractivity contribution >= 4 is 11.6 Å². The minimum absolute atomic E-state index is 0.0828. The Morgan fingerprint density at radius 3 is 2.76 bits per heavy atom. The van der Waals surface area contributed by atoms with Gasteiger partial charge in [-0.15, -0.1) is 0 Å². The molecule has 1 aliphatic rings. The third kappa shape index (κ3) is 3.63. The summed E-state index contributed by atoms with van der Waals surface area (Å²) in [5.74, 6) is 1.57. The summed E-state index contributed by atoms with van der Waals surface area (Å²) in [5, 5.41) is 0. The van der Waals surface area contributed by atoms with Crippen molar-refractivity contribution in [2.24, 2.45) is 5.92 Å². The maximum Gasteiger partial charge on any atom is 0.233 e. The Labute approximate surface area is 149 Å². The summed E-state index contributed by atoms with van der Waals surface area (Å²) in [4.78, 5) is 14.7. The summed E-state index contributed by atoms with van der Waals surface area (Å²) in [6.45, 7) is 7.08. The van der Waals surface area contributed by atoms with Crippen molar-refractivity contribution in [3.63, 3.8) is 0 Å². The van der Waals surface area contributed by atoms with Crippen LogP contribution in [0.15, 0.2) is 36.4 Å². The number of aryl methyl sites for hydroxylation is 2. The highest BCUT2D eigenvalue weighted by atomic mass is 16.5. The first-order valence-corrected chi connectivity index (χ1v) is 8.73. The van der Waals surface area contributed by atoms with Crippen molar-refractivity contribution in [3.05, 3.63) is 53.1 Å². The monoisotopic (exact) mass is 339 g/mol. The van der Waals surface area contributed by atoms with Gasteiger partial charge in [0.25, 0.3) is 0 Å². The van der Waals surface area contributed by atoms with E-state index >= 15 is 0 Å². The highest BCUT2D eigenvalue weighted by molar-refractivity contribution is 5.95. The minimum Gasteiger partial charge on any atom is -0.494 e. The Bertz CT molecular complexity index is 785. The third-order valence-corrected chi connectivity index (χ3v) is 4.64. The highest BCUT2D eigenvalue weighted by Crippen LogP contribution is 2.32. The van der Waals surface area contributed by atoms with E-state index in [4.69, 9.17) is 9.47 Å². The van der Waals surface area contributed by atoms with Gasteiger partial charge in [-0.25, -0.2) is 0 Å². The molecule has 0 spiro atoms. The van der Waals surface area contributed by atoms with Crippen LogP contribution in [0.2, 0.25) is 0 Å². The number of hydrogen-bond acceptors (Lipinski definition) is 3. The zero-order chi connectivity index (χ0) is 18.0. The predicted octanol–water partition coefficient (Wildman–Crippen LogP) is 3.92. The fourth-order valence-corrected chi connectivity index (χ4v) is 3.36. The number of benzene rings is 2. The van der Waals surface area contributed by atoms with E-state index in [0.29, 0.717) is 19.6 Å². The van der Waals surface area contributed by atoms with E-state index in [1.54, 1.807) is 4.90 Å². The van der Waals surface area contributed by atoms with E-state index in [1.165, 1.54) is 5.56 Å². The molecule has 0 saturated carbocycles. The van der Waals surface area contributed by atoms with Gasteiger partial charge in [-0.05, 0) is 62.6 Å². The first-order valence-electron chi connectivity index (χ1n) is 8.73. The van der Waals surface area contributed by atoms with Gasteiger partial charge >= 0.3 is 0 Å². The fraction of sp³-hybridized carbons (Fsp3) is 0.381. The zero-order valence-electron chi connectivity index (χ0n) is 15.3. The molecule has 0 N–H and O–H groups in total. The fourth-order valence-electron chi connectivity index (χ4n) is 3.36. The number of anilines is 1. The van der Waals surface area contributed by atoms with Crippen molar-refractivity contribution in [3.8, 4) is 11.5 Å². The van der Waals surface area contributed by atoms with Gasteiger partial charge in [0.05, 0.1) is 12.5 Å². The average Bonchev–Trinajstić information content (AvgIpc) is 2.60. The molecule has 132 valence electrons. The molecule has 0 aliphatic carbocycles. The quantitative estimate of drug-likeness (QED) is 0.847. The lowest BCUT2D eigenvalue weighted by Gasteiger charge is -2.29. The first-order chi connectivity index (χ1) is 12.0. The van der Waals surface area contributed by atoms with Crippen LogP contribution >= 0.6 is 0 Å². The summed E-state index contributed by atoms with van der Waals surface area (Å²) < 4.78 is 11.4. The maximum atomic E-state index is 13.0. The first kappa shape index (κ1) is 17.3. The standard InChI is InChI=1S/C21H25NO3/c1-5-24-18-7-9-20-16(12-18)11-17(13-25-20)21(23)22(4)19-8-6-14(2)10-15(19)3/h6-10,12,17H,5,11,13H2,1-4H3. The number of rotatable bonds is 4. The molecule has 2 aromatic rings. The Morgan fingerprint density at radius 2 is 2.04 bits per heavy atom. The van der Waals surface area contributed by atoms with Gasteiger partial charge in [-0.3, -0.25) is 4.79 Å². The Balaban J connectivity index is 1.78. The van der Waals surface area contributed by atoms with Crippen LogP contribution in [0, 0.1) is 19.8 Å². The van der Waals surface area contributed by atoms with Gasteiger partial charge in [0.15, 0.2) is 0 Å². The smallest absolute Gasteiger partial charge is 0.233 e. The molecule has 0 bridgehead atoms. The summed E-state index contributed by atoms with van der Waals surface area (Å²) in [6.07, 6.45) is 0.671. The van der Waals surface area contributed by atoms with Crippen molar-refractivity contribution in [1.82, 2.24) is 0 Å². The molecule has 1 unspecified atom stereocenters. The molecule has 1 amide bonds. The molecule has 1 aliphatic heterocycles. The lowest BCUT2D eigenvalue weighted by atomic mass is 9.95. The van der Waals surface area contributed by atoms with E-state index in [-0.39, 0.29) is 11.8 Å². The molecule has 0 aromatic heterocycles. The molecule has 0 fully saturated rings. The van der Waals surface area contributed by atoms with Gasteiger partial charge < -0.3 is 14.4 Å². The Kier molecular flexibility index (Phi) is 4.98. The second-order valence-electron chi connectivity index (χ2n) is 6.60. The third-order valence-electron chi connectivity index (χ3n) is 4.64. The lowest BCUT2D eigenvalue weighted by Crippen LogP contribution is -2.39. The van der Waals surface area contributed by atoms with Crippen LogP contribution in [0.3, 0.4) is 0 Å². The predicted molar refractivity (Wildman–Crippen MR) is 99.6 cm³/mol. The number of fused-ring (bicyclic) bond motifs is 1. The normalized spacial score (nSPS) is 15.9. The maximum absolute atomic E-state index is 13.0. The van der Waals surface area contributed by atoms with Gasteiger partial charge in [0.1, 0.15) is 18.1 Å². The Morgan fingerprint density at radius 1 is 1.24 bits per heavy atom. The summed E-state index contributed by atoms with van der Waals surface area (Å²) in [7, 11) is 1.84. The van der Waals surface area contributed by atoms with E-state index in [0.717, 1.165) is 28.3 Å². The molecule has 25 heavy (non-hydrogen) atoms. The number of nitrogens with zero attached hydrogens (tertiary/aromatic N) is 1. The van der Waals surface area contributed by atoms with Crippen LogP contribution in [-0.4, -0.2) is 26.2 Å². The van der Waals surface area contributed by atoms with E-state index < -0.39 is 0 Å². The largest absolute Gasteiger partial charge is 0.494 e. The second-order valence-corrected chi connectivity index (χ2v) is 6.60. The van der Waals surface area contributed by atoms with Gasteiger partial charge in [0.2, 0.25) is 5.91 Å². The lowest BCUT2D eigenvalue weighted by molar-refractivity contribution is -0.123. The molecule has 0 saturated heterocycles. The van der Waals surface area contributed by atoms with E-state index in [9.17, 15) is 4.79 Å². The van der Waals surface area contributed by atoms with Crippen molar-refractivity contribution < 1.29 is 14.3 Å². The van der Waals surface area contributed by atoms with Crippen molar-refractivity contribution in [2.75, 3.05) is 25.2 Å². The molecule has 2 aromatic carbocycles. The van der Waals surface area contributed by atoms with Crippen LogP contribution in [0.25, 0.3) is 0 Å². The number of ether oxygens (including phenoxy) is 2. The van der Waals surface area contributed by atoms with Crippen LogP contribution in [-0.2, 0) is 11.2 Å². The molecular weight excluding hydrogens is 314 g/mol. The van der Waals surface area contributed by atoms with Gasteiger partial charge in [0, 0.05) is 12.7 Å². The van der Waals surface area contributed by atoms with Crippen LogP contribution in [0.1, 0.15) is 23.6 Å². The number of amides is 1. The van der Waals surface area contributed by atoms with Crippen LogP contribution in [0.4, 0.5) is 5.69 Å². The molecule has 0 radical (unpaired) electrons. The van der Waals surface area contributed by atoms with E-state index in [2.05, 4.69) is 13.0 Å².